The number of benzene rings is 1. The second-order valence-corrected chi connectivity index (χ2v) is 5.87. The lowest BCUT2D eigenvalue weighted by atomic mass is 9.94. The fourth-order valence-corrected chi connectivity index (χ4v) is 2.62. The van der Waals surface area contributed by atoms with Gasteiger partial charge >= 0.3 is 0 Å². The molecule has 0 bridgehead atoms. The van der Waals surface area contributed by atoms with E-state index in [4.69, 9.17) is 9.15 Å². The van der Waals surface area contributed by atoms with Crippen LogP contribution in [0.15, 0.2) is 22.6 Å². The van der Waals surface area contributed by atoms with E-state index in [1.807, 2.05) is 0 Å². The monoisotopic (exact) mass is 291 g/mol. The van der Waals surface area contributed by atoms with Gasteiger partial charge in [0.2, 0.25) is 0 Å². The molecule has 1 fully saturated rings. The molecule has 2 aromatic rings. The minimum Gasteiger partial charge on any atom is -0.424 e. The van der Waals surface area contributed by atoms with Crippen LogP contribution >= 0.6 is 0 Å². The van der Waals surface area contributed by atoms with E-state index < -0.39 is 4.92 Å². The molecule has 1 saturated heterocycles. The molecule has 1 aliphatic heterocycles. The van der Waals surface area contributed by atoms with E-state index in [2.05, 4.69) is 24.1 Å². The summed E-state index contributed by atoms with van der Waals surface area (Å²) >= 11 is 0. The molecule has 1 atom stereocenters. The van der Waals surface area contributed by atoms with Crippen LogP contribution in [0.2, 0.25) is 0 Å². The SMILES string of the molecule is CC1(C)CC(Nc2nc3cc([N+](=O)[O-])ccc3o2)CCO1. The normalized spacial score (nSPS) is 21.3. The Bertz CT molecular complexity index is 680. The summed E-state index contributed by atoms with van der Waals surface area (Å²) in [6, 6.07) is 5.01. The van der Waals surface area contributed by atoms with E-state index in [1.165, 1.54) is 12.1 Å². The highest BCUT2D eigenvalue weighted by Gasteiger charge is 2.29. The van der Waals surface area contributed by atoms with Gasteiger partial charge in [-0.05, 0) is 32.8 Å². The van der Waals surface area contributed by atoms with Crippen LogP contribution in [0.5, 0.6) is 0 Å². The molecule has 7 heteroatoms. The Morgan fingerprint density at radius 3 is 3.00 bits per heavy atom. The van der Waals surface area contributed by atoms with Crippen molar-refractivity contribution in [2.75, 3.05) is 11.9 Å². The number of aromatic nitrogens is 1. The third kappa shape index (κ3) is 2.97. The maximum absolute atomic E-state index is 10.8. The van der Waals surface area contributed by atoms with Crippen molar-refractivity contribution in [1.29, 1.82) is 0 Å². The highest BCUT2D eigenvalue weighted by molar-refractivity contribution is 5.77. The molecule has 0 aliphatic carbocycles. The van der Waals surface area contributed by atoms with E-state index in [9.17, 15) is 10.1 Å². The van der Waals surface area contributed by atoms with Gasteiger partial charge in [0, 0.05) is 24.8 Å². The van der Waals surface area contributed by atoms with Crippen LogP contribution in [0.4, 0.5) is 11.7 Å². The van der Waals surface area contributed by atoms with Crippen molar-refractivity contribution in [3.05, 3.63) is 28.3 Å². The lowest BCUT2D eigenvalue weighted by Gasteiger charge is -2.35. The first-order valence-corrected chi connectivity index (χ1v) is 6.88. The lowest BCUT2D eigenvalue weighted by Crippen LogP contribution is -2.40. The molecular weight excluding hydrogens is 274 g/mol. The van der Waals surface area contributed by atoms with Crippen molar-refractivity contribution >= 4 is 22.8 Å². The van der Waals surface area contributed by atoms with Crippen molar-refractivity contribution in [2.45, 2.75) is 38.3 Å². The summed E-state index contributed by atoms with van der Waals surface area (Å²) in [7, 11) is 0. The van der Waals surface area contributed by atoms with Crippen molar-refractivity contribution in [3.63, 3.8) is 0 Å². The van der Waals surface area contributed by atoms with Crippen molar-refractivity contribution < 1.29 is 14.1 Å². The van der Waals surface area contributed by atoms with E-state index in [1.54, 1.807) is 6.07 Å². The Balaban J connectivity index is 1.80. The Hall–Kier alpha value is -2.15. The number of hydrogen-bond donors (Lipinski definition) is 1. The number of ether oxygens (including phenoxy) is 1. The molecule has 0 amide bonds. The third-order valence-electron chi connectivity index (χ3n) is 3.61. The molecule has 1 N–H and O–H groups in total. The molecule has 0 saturated carbocycles. The molecule has 1 aromatic carbocycles. The standard InChI is InChI=1S/C14H17N3O4/c1-14(2)8-9(5-6-20-14)15-13-16-11-7-10(17(18)19)3-4-12(11)21-13/h3-4,7,9H,5-6,8H2,1-2H3,(H,15,16). The van der Waals surface area contributed by atoms with Crippen molar-refractivity contribution in [3.8, 4) is 0 Å². The second kappa shape index (κ2) is 5.00. The zero-order valence-corrected chi connectivity index (χ0v) is 12.0. The van der Waals surface area contributed by atoms with Gasteiger partial charge in [0.15, 0.2) is 5.58 Å². The predicted octanol–water partition coefficient (Wildman–Crippen LogP) is 3.11. The van der Waals surface area contributed by atoms with Crippen LogP contribution in [0.1, 0.15) is 26.7 Å². The molecule has 21 heavy (non-hydrogen) atoms. The summed E-state index contributed by atoms with van der Waals surface area (Å²) in [5.74, 6) is 0. The summed E-state index contributed by atoms with van der Waals surface area (Å²) in [6.45, 7) is 4.79. The molecule has 0 radical (unpaired) electrons. The summed E-state index contributed by atoms with van der Waals surface area (Å²) < 4.78 is 11.3. The molecule has 2 heterocycles. The van der Waals surface area contributed by atoms with Crippen LogP contribution in [0, 0.1) is 10.1 Å². The average Bonchev–Trinajstić information content (AvgIpc) is 2.78. The minimum atomic E-state index is -0.442. The van der Waals surface area contributed by atoms with Crippen LogP contribution in [0.3, 0.4) is 0 Å². The number of hydrogen-bond acceptors (Lipinski definition) is 6. The lowest BCUT2D eigenvalue weighted by molar-refractivity contribution is -0.384. The molecule has 1 aromatic heterocycles. The number of anilines is 1. The summed E-state index contributed by atoms with van der Waals surface area (Å²) in [5, 5.41) is 14.0. The van der Waals surface area contributed by atoms with Gasteiger partial charge in [-0.25, -0.2) is 0 Å². The summed E-state index contributed by atoms with van der Waals surface area (Å²) in [4.78, 5) is 14.6. The van der Waals surface area contributed by atoms with Crippen LogP contribution < -0.4 is 5.32 Å². The van der Waals surface area contributed by atoms with Crippen molar-refractivity contribution in [1.82, 2.24) is 4.98 Å². The Morgan fingerprint density at radius 1 is 1.48 bits per heavy atom. The zero-order chi connectivity index (χ0) is 15.0. The van der Waals surface area contributed by atoms with E-state index in [-0.39, 0.29) is 17.3 Å². The predicted molar refractivity (Wildman–Crippen MR) is 77.3 cm³/mol. The minimum absolute atomic E-state index is 0.00884. The maximum atomic E-state index is 10.8. The van der Waals surface area contributed by atoms with Gasteiger partial charge in [0.1, 0.15) is 5.52 Å². The average molecular weight is 291 g/mol. The first kappa shape index (κ1) is 13.8. The van der Waals surface area contributed by atoms with Crippen molar-refractivity contribution in [2.24, 2.45) is 0 Å². The fourth-order valence-electron chi connectivity index (χ4n) is 2.62. The number of oxazole rings is 1. The topological polar surface area (TPSA) is 90.4 Å². The van der Waals surface area contributed by atoms with Gasteiger partial charge in [-0.1, -0.05) is 0 Å². The molecule has 112 valence electrons. The zero-order valence-electron chi connectivity index (χ0n) is 12.0. The third-order valence-corrected chi connectivity index (χ3v) is 3.61. The van der Waals surface area contributed by atoms with Crippen LogP contribution in [-0.2, 0) is 4.74 Å². The van der Waals surface area contributed by atoms with Crippen LogP contribution in [0.25, 0.3) is 11.1 Å². The number of nitrogens with one attached hydrogen (secondary N) is 1. The fraction of sp³-hybridized carbons (Fsp3) is 0.500. The highest BCUT2D eigenvalue weighted by Crippen LogP contribution is 2.28. The van der Waals surface area contributed by atoms with Gasteiger partial charge in [0.25, 0.3) is 11.7 Å². The number of nitro benzene ring substituents is 1. The summed E-state index contributed by atoms with van der Waals surface area (Å²) in [5.41, 5.74) is 0.864. The molecule has 0 spiro atoms. The Labute approximate surface area is 121 Å². The van der Waals surface area contributed by atoms with Gasteiger partial charge < -0.3 is 14.5 Å². The highest BCUT2D eigenvalue weighted by atomic mass is 16.6. The molecule has 1 unspecified atom stereocenters. The van der Waals surface area contributed by atoms with Gasteiger partial charge in [-0.15, -0.1) is 0 Å². The summed E-state index contributed by atoms with van der Waals surface area (Å²) in [6.07, 6.45) is 1.73. The van der Waals surface area contributed by atoms with Gasteiger partial charge in [0.05, 0.1) is 10.5 Å². The smallest absolute Gasteiger partial charge is 0.295 e. The van der Waals surface area contributed by atoms with Gasteiger partial charge in [-0.3, -0.25) is 10.1 Å². The number of fused-ring (bicyclic) bond motifs is 1. The number of nitro groups is 1. The number of non-ortho nitro benzene ring substituents is 1. The Kier molecular flexibility index (Phi) is 3.29. The molecule has 1 aliphatic rings. The number of rotatable bonds is 3. The van der Waals surface area contributed by atoms with E-state index in [0.717, 1.165) is 12.8 Å². The van der Waals surface area contributed by atoms with Crippen LogP contribution in [-0.4, -0.2) is 28.2 Å². The Morgan fingerprint density at radius 2 is 2.29 bits per heavy atom. The van der Waals surface area contributed by atoms with Gasteiger partial charge in [-0.2, -0.15) is 4.98 Å². The maximum Gasteiger partial charge on any atom is 0.295 e. The molecule has 7 nitrogen and oxygen atoms in total. The number of nitrogens with zero attached hydrogens (tertiary/aromatic N) is 2. The quantitative estimate of drug-likeness (QED) is 0.690. The molecular formula is C14H17N3O4. The first-order chi connectivity index (χ1) is 9.93. The first-order valence-electron chi connectivity index (χ1n) is 6.88. The molecule has 3 rings (SSSR count). The van der Waals surface area contributed by atoms with E-state index in [0.29, 0.717) is 23.7 Å². The van der Waals surface area contributed by atoms with E-state index >= 15 is 0 Å². The second-order valence-electron chi connectivity index (χ2n) is 5.87. The largest absolute Gasteiger partial charge is 0.424 e.